The van der Waals surface area contributed by atoms with Crippen molar-refractivity contribution in [2.45, 2.75) is 31.0 Å². The lowest BCUT2D eigenvalue weighted by atomic mass is 9.81. The van der Waals surface area contributed by atoms with Gasteiger partial charge in [0.25, 0.3) is 5.91 Å². The van der Waals surface area contributed by atoms with Gasteiger partial charge in [-0.05, 0) is 46.5 Å². The smallest absolute Gasteiger partial charge is 0.266 e. The third-order valence-corrected chi connectivity index (χ3v) is 7.29. The monoisotopic (exact) mass is 570 g/mol. The van der Waals surface area contributed by atoms with Crippen molar-refractivity contribution < 1.29 is 24.1 Å². The molecule has 42 heavy (non-hydrogen) atoms. The Labute approximate surface area is 244 Å². The van der Waals surface area contributed by atoms with Gasteiger partial charge in [0.1, 0.15) is 5.75 Å². The molecule has 0 bridgehead atoms. The van der Waals surface area contributed by atoms with E-state index in [0.29, 0.717) is 56.5 Å². The van der Waals surface area contributed by atoms with Gasteiger partial charge >= 0.3 is 0 Å². The lowest BCUT2D eigenvalue weighted by Crippen LogP contribution is -2.57. The summed E-state index contributed by atoms with van der Waals surface area (Å²) in [6, 6.07) is 24.5. The second-order valence-corrected chi connectivity index (χ2v) is 10.1. The SMILES string of the molecule is [N-]=[N+]=NCc1ccccc1C[C@]1(C(=O)NN2CCOCC2)N=C(c2ccc(OCCCO)cc2)O[C@H]1c1ccccc1. The number of ether oxygens (including phenoxy) is 3. The molecular weight excluding hydrogens is 536 g/mol. The van der Waals surface area contributed by atoms with Crippen molar-refractivity contribution in [3.63, 3.8) is 0 Å². The summed E-state index contributed by atoms with van der Waals surface area (Å²) >= 11 is 0. The van der Waals surface area contributed by atoms with Gasteiger partial charge in [-0.2, -0.15) is 0 Å². The molecule has 0 aliphatic carbocycles. The number of hydrazine groups is 1. The molecule has 2 N–H and O–H groups in total. The van der Waals surface area contributed by atoms with Crippen LogP contribution in [0.15, 0.2) is 89.0 Å². The minimum atomic E-state index is -1.38. The largest absolute Gasteiger partial charge is 0.494 e. The van der Waals surface area contributed by atoms with Crippen LogP contribution in [0, 0.1) is 0 Å². The van der Waals surface area contributed by atoms with Crippen molar-refractivity contribution in [3.05, 3.63) is 112 Å². The molecule has 3 aromatic rings. The number of carbonyl (C=O) groups excluding carboxylic acids is 1. The number of aliphatic imine (C=N–C) groups is 1. The molecule has 11 heteroatoms. The topological polar surface area (TPSA) is 141 Å². The van der Waals surface area contributed by atoms with Gasteiger partial charge in [0, 0.05) is 43.0 Å². The Bertz CT molecular complexity index is 1420. The number of aliphatic hydroxyl groups excluding tert-OH is 1. The van der Waals surface area contributed by atoms with Crippen LogP contribution in [0.1, 0.15) is 34.8 Å². The zero-order chi connectivity index (χ0) is 29.2. The van der Waals surface area contributed by atoms with Crippen LogP contribution in [0.25, 0.3) is 10.4 Å². The van der Waals surface area contributed by atoms with Crippen molar-refractivity contribution in [2.24, 2.45) is 10.1 Å². The summed E-state index contributed by atoms with van der Waals surface area (Å²) in [7, 11) is 0. The van der Waals surface area contributed by atoms with Gasteiger partial charge in [0.15, 0.2) is 11.6 Å². The molecule has 2 heterocycles. The molecule has 5 rings (SSSR count). The Kier molecular flexibility index (Phi) is 9.68. The number of azide groups is 1. The van der Waals surface area contributed by atoms with Gasteiger partial charge in [-0.25, -0.2) is 10.0 Å². The van der Waals surface area contributed by atoms with Gasteiger partial charge in [0.2, 0.25) is 5.90 Å². The Morgan fingerprint density at radius 1 is 1.07 bits per heavy atom. The molecule has 0 saturated carbocycles. The Balaban J connectivity index is 1.57. The van der Waals surface area contributed by atoms with Gasteiger partial charge in [0.05, 0.1) is 26.4 Å². The third kappa shape index (κ3) is 6.72. The van der Waals surface area contributed by atoms with Crippen LogP contribution < -0.4 is 10.2 Å². The zero-order valence-electron chi connectivity index (χ0n) is 23.3. The van der Waals surface area contributed by atoms with E-state index in [1.54, 1.807) is 0 Å². The number of rotatable bonds is 12. The molecule has 2 aliphatic rings. The fourth-order valence-electron chi connectivity index (χ4n) is 5.11. The van der Waals surface area contributed by atoms with Crippen LogP contribution in [0.2, 0.25) is 0 Å². The lowest BCUT2D eigenvalue weighted by molar-refractivity contribution is -0.136. The van der Waals surface area contributed by atoms with E-state index in [1.807, 2.05) is 83.9 Å². The average Bonchev–Trinajstić information content (AvgIpc) is 3.42. The van der Waals surface area contributed by atoms with E-state index in [2.05, 4.69) is 15.5 Å². The van der Waals surface area contributed by atoms with Crippen LogP contribution in [-0.4, -0.2) is 67.0 Å². The Morgan fingerprint density at radius 2 is 1.79 bits per heavy atom. The predicted molar refractivity (Wildman–Crippen MR) is 157 cm³/mol. The van der Waals surface area contributed by atoms with E-state index in [-0.39, 0.29) is 25.5 Å². The maximum absolute atomic E-state index is 14.4. The molecule has 218 valence electrons. The third-order valence-electron chi connectivity index (χ3n) is 7.29. The normalized spacial score (nSPS) is 20.2. The summed E-state index contributed by atoms with van der Waals surface area (Å²) in [5.41, 5.74) is 13.9. The molecular formula is C31H34N6O5. The number of aliphatic hydroxyl groups is 1. The fraction of sp³-hybridized carbons (Fsp3) is 0.355. The first-order chi connectivity index (χ1) is 20.6. The van der Waals surface area contributed by atoms with Crippen LogP contribution in [-0.2, 0) is 27.2 Å². The highest BCUT2D eigenvalue weighted by atomic mass is 16.5. The van der Waals surface area contributed by atoms with E-state index >= 15 is 0 Å². The summed E-state index contributed by atoms with van der Waals surface area (Å²) in [4.78, 5) is 22.4. The van der Waals surface area contributed by atoms with E-state index < -0.39 is 11.6 Å². The minimum Gasteiger partial charge on any atom is -0.494 e. The predicted octanol–water partition coefficient (Wildman–Crippen LogP) is 4.12. The molecule has 1 fully saturated rings. The number of amides is 1. The highest BCUT2D eigenvalue weighted by molar-refractivity contribution is 6.01. The van der Waals surface area contributed by atoms with E-state index in [4.69, 9.17) is 29.8 Å². The molecule has 0 spiro atoms. The standard InChI is InChI=1S/C31H34N6O5/c32-36-33-22-26-10-5-4-9-25(26)21-31(30(39)35-37-15-19-40-20-16-37)28(23-7-2-1-3-8-23)42-29(34-31)24-11-13-27(14-12-24)41-18-6-17-38/h1-5,7-14,28,38H,6,15-22H2,(H,35,39)/t28-,31-/m0/s1. The van der Waals surface area contributed by atoms with Crippen molar-refractivity contribution in [1.82, 2.24) is 10.4 Å². The first-order valence-corrected chi connectivity index (χ1v) is 14.0. The van der Waals surface area contributed by atoms with E-state index in [9.17, 15) is 4.79 Å². The lowest BCUT2D eigenvalue weighted by Gasteiger charge is -2.35. The number of morpholine rings is 1. The molecule has 0 unspecified atom stereocenters. The molecule has 1 amide bonds. The average molecular weight is 571 g/mol. The molecule has 3 aromatic carbocycles. The summed E-state index contributed by atoms with van der Waals surface area (Å²) < 4.78 is 17.7. The highest BCUT2D eigenvalue weighted by Gasteiger charge is 2.54. The summed E-state index contributed by atoms with van der Waals surface area (Å²) in [6.07, 6.45) is 0.0204. The summed E-state index contributed by atoms with van der Waals surface area (Å²) in [5.74, 6) is 0.708. The van der Waals surface area contributed by atoms with Crippen molar-refractivity contribution >= 4 is 11.8 Å². The second kappa shape index (κ2) is 14.0. The minimum absolute atomic E-state index is 0.0597. The number of benzene rings is 3. The maximum atomic E-state index is 14.4. The quantitative estimate of drug-likeness (QED) is 0.145. The number of nitrogens with zero attached hydrogens (tertiary/aromatic N) is 5. The van der Waals surface area contributed by atoms with Crippen LogP contribution in [0.4, 0.5) is 0 Å². The van der Waals surface area contributed by atoms with E-state index in [0.717, 1.165) is 16.7 Å². The number of hydrogen-bond donors (Lipinski definition) is 2. The molecule has 2 atom stereocenters. The van der Waals surface area contributed by atoms with Gasteiger partial charge < -0.3 is 19.3 Å². The van der Waals surface area contributed by atoms with E-state index in [1.165, 1.54) is 0 Å². The highest BCUT2D eigenvalue weighted by Crippen LogP contribution is 2.43. The van der Waals surface area contributed by atoms with Gasteiger partial charge in [-0.3, -0.25) is 10.2 Å². The zero-order valence-corrected chi connectivity index (χ0v) is 23.3. The van der Waals surface area contributed by atoms with Crippen molar-refractivity contribution in [3.8, 4) is 5.75 Å². The van der Waals surface area contributed by atoms with Gasteiger partial charge in [-0.1, -0.05) is 59.7 Å². The van der Waals surface area contributed by atoms with Crippen LogP contribution in [0.5, 0.6) is 5.75 Å². The maximum Gasteiger partial charge on any atom is 0.266 e. The number of carbonyl (C=O) groups is 1. The molecule has 2 aliphatic heterocycles. The van der Waals surface area contributed by atoms with Crippen molar-refractivity contribution in [2.75, 3.05) is 39.5 Å². The first kappa shape index (κ1) is 29.1. The number of hydrogen-bond acceptors (Lipinski definition) is 8. The summed E-state index contributed by atoms with van der Waals surface area (Å²) in [5, 5.41) is 14.7. The van der Waals surface area contributed by atoms with Crippen LogP contribution >= 0.6 is 0 Å². The number of nitrogens with one attached hydrogen (secondary N) is 1. The summed E-state index contributed by atoms with van der Waals surface area (Å²) in [6.45, 7) is 2.76. The molecule has 11 nitrogen and oxygen atoms in total. The first-order valence-electron chi connectivity index (χ1n) is 14.0. The molecule has 0 aromatic heterocycles. The Hall–Kier alpha value is -4.41. The Morgan fingerprint density at radius 3 is 2.50 bits per heavy atom. The van der Waals surface area contributed by atoms with Crippen molar-refractivity contribution in [1.29, 1.82) is 0 Å². The molecule has 1 saturated heterocycles. The van der Waals surface area contributed by atoms with Gasteiger partial charge in [-0.15, -0.1) is 0 Å². The second-order valence-electron chi connectivity index (χ2n) is 10.1. The fourth-order valence-corrected chi connectivity index (χ4v) is 5.11. The molecule has 0 radical (unpaired) electrons. The van der Waals surface area contributed by atoms with Crippen LogP contribution in [0.3, 0.4) is 0 Å².